The second-order valence-electron chi connectivity index (χ2n) is 5.01. The van der Waals surface area contributed by atoms with Crippen molar-refractivity contribution in [3.05, 3.63) is 61.9 Å². The highest BCUT2D eigenvalue weighted by molar-refractivity contribution is 8.19. The van der Waals surface area contributed by atoms with Crippen LogP contribution in [0.25, 0.3) is 6.08 Å². The van der Waals surface area contributed by atoms with Crippen LogP contribution in [0.5, 0.6) is 5.75 Å². The fraction of sp³-hybridized carbons (Fsp3) is 0.0588. The van der Waals surface area contributed by atoms with Crippen LogP contribution < -0.4 is 9.64 Å². The standard InChI is InChI=1S/C17H10Cl3NO3S/c1-24-15-12(19)6-9(7-13(15)20)8-14-16(22)21(17(23)25-14)11-4-2-10(18)3-5-11/h2-8H,1H3/b14-8+. The van der Waals surface area contributed by atoms with Crippen LogP contribution in [0, 0.1) is 0 Å². The van der Waals surface area contributed by atoms with Crippen molar-refractivity contribution in [2.24, 2.45) is 0 Å². The minimum atomic E-state index is -0.416. The molecule has 0 N–H and O–H groups in total. The van der Waals surface area contributed by atoms with E-state index in [1.807, 2.05) is 0 Å². The van der Waals surface area contributed by atoms with Crippen molar-refractivity contribution in [3.63, 3.8) is 0 Å². The van der Waals surface area contributed by atoms with Crippen molar-refractivity contribution < 1.29 is 14.3 Å². The predicted octanol–water partition coefficient (Wildman–Crippen LogP) is 5.90. The smallest absolute Gasteiger partial charge is 0.298 e. The molecule has 0 radical (unpaired) electrons. The first-order chi connectivity index (χ1) is 11.9. The van der Waals surface area contributed by atoms with E-state index >= 15 is 0 Å². The van der Waals surface area contributed by atoms with Crippen molar-refractivity contribution in [2.45, 2.75) is 0 Å². The van der Waals surface area contributed by atoms with Crippen LogP contribution in [-0.2, 0) is 4.79 Å². The molecule has 2 aromatic rings. The average molecular weight is 415 g/mol. The van der Waals surface area contributed by atoms with Crippen LogP contribution in [0.3, 0.4) is 0 Å². The lowest BCUT2D eigenvalue weighted by Gasteiger charge is -2.12. The number of imide groups is 1. The maximum Gasteiger partial charge on any atom is 0.298 e. The van der Waals surface area contributed by atoms with Crippen molar-refractivity contribution >= 4 is 69.5 Å². The number of methoxy groups -OCH3 is 1. The Labute approximate surface area is 163 Å². The summed E-state index contributed by atoms with van der Waals surface area (Å²) in [6, 6.07) is 9.69. The van der Waals surface area contributed by atoms with E-state index < -0.39 is 5.91 Å². The van der Waals surface area contributed by atoms with Crippen LogP contribution in [-0.4, -0.2) is 18.3 Å². The van der Waals surface area contributed by atoms with E-state index in [0.717, 1.165) is 16.7 Å². The predicted molar refractivity (Wildman–Crippen MR) is 103 cm³/mol. The lowest BCUT2D eigenvalue weighted by atomic mass is 10.2. The zero-order chi connectivity index (χ0) is 18.1. The fourth-order valence-corrected chi connectivity index (χ4v) is 3.92. The molecule has 4 nitrogen and oxygen atoms in total. The number of hydrogen-bond acceptors (Lipinski definition) is 4. The van der Waals surface area contributed by atoms with Crippen LogP contribution >= 0.6 is 46.6 Å². The quantitative estimate of drug-likeness (QED) is 0.587. The van der Waals surface area contributed by atoms with Gasteiger partial charge in [-0.15, -0.1) is 0 Å². The molecule has 0 bridgehead atoms. The third-order valence-electron chi connectivity index (χ3n) is 3.40. The number of rotatable bonds is 3. The van der Waals surface area contributed by atoms with Gasteiger partial charge in [-0.2, -0.15) is 0 Å². The molecule has 25 heavy (non-hydrogen) atoms. The molecular weight excluding hydrogens is 405 g/mol. The summed E-state index contributed by atoms with van der Waals surface area (Å²) in [5, 5.41) is 0.773. The summed E-state index contributed by atoms with van der Waals surface area (Å²) in [7, 11) is 1.46. The molecule has 1 aliphatic heterocycles. The second-order valence-corrected chi connectivity index (χ2v) is 7.26. The van der Waals surface area contributed by atoms with Crippen molar-refractivity contribution in [3.8, 4) is 5.75 Å². The lowest BCUT2D eigenvalue weighted by molar-refractivity contribution is -0.113. The van der Waals surface area contributed by atoms with Gasteiger partial charge in [0.15, 0.2) is 5.75 Å². The van der Waals surface area contributed by atoms with E-state index in [0.29, 0.717) is 32.1 Å². The van der Waals surface area contributed by atoms with Gasteiger partial charge in [0.1, 0.15) is 0 Å². The van der Waals surface area contributed by atoms with Crippen LogP contribution in [0.1, 0.15) is 5.56 Å². The molecule has 3 rings (SSSR count). The van der Waals surface area contributed by atoms with E-state index in [9.17, 15) is 9.59 Å². The van der Waals surface area contributed by atoms with Gasteiger partial charge in [0.05, 0.1) is 27.7 Å². The summed E-state index contributed by atoms with van der Waals surface area (Å²) in [6.45, 7) is 0. The van der Waals surface area contributed by atoms with Crippen LogP contribution in [0.4, 0.5) is 10.5 Å². The van der Waals surface area contributed by atoms with E-state index in [1.54, 1.807) is 42.5 Å². The number of anilines is 1. The minimum Gasteiger partial charge on any atom is -0.494 e. The molecule has 1 heterocycles. The monoisotopic (exact) mass is 413 g/mol. The topological polar surface area (TPSA) is 46.6 Å². The lowest BCUT2D eigenvalue weighted by Crippen LogP contribution is -2.27. The Morgan fingerprint density at radius 2 is 1.64 bits per heavy atom. The summed E-state index contributed by atoms with van der Waals surface area (Å²) in [5.41, 5.74) is 1.05. The molecule has 0 aliphatic carbocycles. The van der Waals surface area contributed by atoms with Gasteiger partial charge in [0.25, 0.3) is 11.1 Å². The fourth-order valence-electron chi connectivity index (χ4n) is 2.29. The molecule has 1 aliphatic rings. The maximum atomic E-state index is 12.6. The summed E-state index contributed by atoms with van der Waals surface area (Å²) in [4.78, 5) is 26.2. The molecule has 0 unspecified atom stereocenters. The Hall–Kier alpha value is -1.66. The molecule has 128 valence electrons. The van der Waals surface area contributed by atoms with E-state index in [-0.39, 0.29) is 10.1 Å². The number of hydrogen-bond donors (Lipinski definition) is 0. The van der Waals surface area contributed by atoms with Gasteiger partial charge >= 0.3 is 0 Å². The number of ether oxygens (including phenoxy) is 1. The molecule has 1 saturated heterocycles. The number of benzene rings is 2. The van der Waals surface area contributed by atoms with Crippen molar-refractivity contribution in [2.75, 3.05) is 12.0 Å². The largest absolute Gasteiger partial charge is 0.494 e. The molecule has 8 heteroatoms. The molecule has 0 atom stereocenters. The number of nitrogens with zero attached hydrogens (tertiary/aromatic N) is 1. The van der Waals surface area contributed by atoms with Gasteiger partial charge in [-0.3, -0.25) is 9.59 Å². The normalized spacial score (nSPS) is 16.0. The number of halogens is 3. The van der Waals surface area contributed by atoms with Gasteiger partial charge in [-0.25, -0.2) is 4.90 Å². The zero-order valence-corrected chi connectivity index (χ0v) is 15.8. The Morgan fingerprint density at radius 3 is 2.20 bits per heavy atom. The highest BCUT2D eigenvalue weighted by Gasteiger charge is 2.36. The van der Waals surface area contributed by atoms with Crippen molar-refractivity contribution in [1.82, 2.24) is 0 Å². The van der Waals surface area contributed by atoms with Crippen molar-refractivity contribution in [1.29, 1.82) is 0 Å². The highest BCUT2D eigenvalue weighted by Crippen LogP contribution is 2.38. The first-order valence-corrected chi connectivity index (χ1v) is 8.92. The summed E-state index contributed by atoms with van der Waals surface area (Å²) in [6.07, 6.45) is 1.57. The maximum absolute atomic E-state index is 12.6. The third-order valence-corrected chi connectivity index (χ3v) is 5.08. The molecule has 2 amide bonds. The minimum absolute atomic E-state index is 0.275. The Balaban J connectivity index is 1.94. The third kappa shape index (κ3) is 3.65. The number of carbonyl (C=O) groups excluding carboxylic acids is 2. The van der Waals surface area contributed by atoms with Crippen LogP contribution in [0.2, 0.25) is 15.1 Å². The number of thioether (sulfide) groups is 1. The average Bonchev–Trinajstić information content (AvgIpc) is 2.82. The van der Waals surface area contributed by atoms with Gasteiger partial charge in [0.2, 0.25) is 0 Å². The molecular formula is C17H10Cl3NO3S. The summed E-state index contributed by atoms with van der Waals surface area (Å²) < 4.78 is 5.09. The van der Waals surface area contributed by atoms with Gasteiger partial charge in [-0.05, 0) is 59.8 Å². The summed E-state index contributed by atoms with van der Waals surface area (Å²) in [5.74, 6) is -0.0601. The summed E-state index contributed by atoms with van der Waals surface area (Å²) >= 11 is 18.9. The SMILES string of the molecule is COc1c(Cl)cc(/C=C2/SC(=O)N(c3ccc(Cl)cc3)C2=O)cc1Cl. The zero-order valence-electron chi connectivity index (χ0n) is 12.8. The first-order valence-electron chi connectivity index (χ1n) is 6.97. The van der Waals surface area contributed by atoms with E-state index in [4.69, 9.17) is 39.5 Å². The van der Waals surface area contributed by atoms with Gasteiger partial charge < -0.3 is 4.74 Å². The molecule has 2 aromatic carbocycles. The Morgan fingerprint density at radius 1 is 1.04 bits per heavy atom. The number of amides is 2. The van der Waals surface area contributed by atoms with E-state index in [1.165, 1.54) is 7.11 Å². The van der Waals surface area contributed by atoms with Gasteiger partial charge in [-0.1, -0.05) is 34.8 Å². The highest BCUT2D eigenvalue weighted by atomic mass is 35.5. The molecule has 0 spiro atoms. The van der Waals surface area contributed by atoms with E-state index in [2.05, 4.69) is 0 Å². The first kappa shape index (κ1) is 18.1. The second kappa shape index (κ2) is 7.30. The van der Waals surface area contributed by atoms with Gasteiger partial charge in [0, 0.05) is 5.02 Å². The molecule has 0 saturated carbocycles. The van der Waals surface area contributed by atoms with Crippen LogP contribution in [0.15, 0.2) is 41.3 Å². The Bertz CT molecular complexity index is 874. The Kier molecular flexibility index (Phi) is 5.29. The number of carbonyl (C=O) groups is 2. The molecule has 1 fully saturated rings. The molecule has 0 aromatic heterocycles.